The van der Waals surface area contributed by atoms with Crippen molar-refractivity contribution < 1.29 is 19.1 Å². The third-order valence-electron chi connectivity index (χ3n) is 2.01. The Morgan fingerprint density at radius 3 is 1.26 bits per heavy atom. The molecule has 0 fully saturated rings. The molecule has 0 bridgehead atoms. The van der Waals surface area contributed by atoms with Gasteiger partial charge < -0.3 is 34.7 Å². The van der Waals surface area contributed by atoms with Crippen molar-refractivity contribution in [3.05, 3.63) is 13.8 Å². The third-order valence-corrected chi connectivity index (χ3v) is 2.48. The average molecular weight is 469 g/mol. The molecule has 0 amide bonds. The maximum Gasteiger partial charge on any atom is 2.00 e. The molecule has 134 valence electrons. The summed E-state index contributed by atoms with van der Waals surface area (Å²) in [5.74, 6) is -0.819. The normalized spacial score (nSPS) is 8.43. The van der Waals surface area contributed by atoms with Crippen molar-refractivity contribution in [3.63, 3.8) is 0 Å². The maximum atomic E-state index is 10.6. The van der Waals surface area contributed by atoms with E-state index in [-0.39, 0.29) is 47.4 Å². The SMILES string of the molecule is O=C(C[S-])OCCCCOC(=O)C[S-].[CH2]CCC.[CH2]CCC.[Sn+2]. The fraction of sp³-hybridized carbons (Fsp3) is 0.750. The summed E-state index contributed by atoms with van der Waals surface area (Å²) in [5, 5.41) is 0. The van der Waals surface area contributed by atoms with Gasteiger partial charge in [0, 0.05) is 0 Å². The van der Waals surface area contributed by atoms with E-state index < -0.39 is 0 Å². The number of esters is 2. The first-order chi connectivity index (χ1) is 10.5. The first-order valence-corrected chi connectivity index (χ1v) is 8.75. The van der Waals surface area contributed by atoms with E-state index >= 15 is 0 Å². The molecule has 0 aromatic rings. The predicted octanol–water partition coefficient (Wildman–Crippen LogP) is 2.81. The van der Waals surface area contributed by atoms with Crippen LogP contribution in [0.15, 0.2) is 0 Å². The van der Waals surface area contributed by atoms with Gasteiger partial charge in [0.1, 0.15) is 0 Å². The minimum Gasteiger partial charge on any atom is -0.782 e. The molecule has 23 heavy (non-hydrogen) atoms. The monoisotopic (exact) mass is 470 g/mol. The van der Waals surface area contributed by atoms with Gasteiger partial charge in [-0.05, 0) is 12.8 Å². The molecule has 0 aliphatic rings. The van der Waals surface area contributed by atoms with Crippen molar-refractivity contribution in [2.24, 2.45) is 0 Å². The summed E-state index contributed by atoms with van der Waals surface area (Å²) in [6, 6.07) is 0. The molecule has 0 N–H and O–H groups in total. The molecule has 0 aromatic carbocycles. The molecule has 0 spiro atoms. The predicted molar refractivity (Wildman–Crippen MR) is 102 cm³/mol. The van der Waals surface area contributed by atoms with Gasteiger partial charge in [-0.15, -0.1) is 0 Å². The van der Waals surface area contributed by atoms with E-state index in [9.17, 15) is 9.59 Å². The van der Waals surface area contributed by atoms with Crippen LogP contribution in [0.5, 0.6) is 0 Å². The smallest absolute Gasteiger partial charge is 0.782 e. The van der Waals surface area contributed by atoms with Gasteiger partial charge in [0.15, 0.2) is 0 Å². The van der Waals surface area contributed by atoms with Crippen molar-refractivity contribution in [2.75, 3.05) is 24.7 Å². The van der Waals surface area contributed by atoms with Gasteiger partial charge in [-0.25, -0.2) is 0 Å². The van der Waals surface area contributed by atoms with Crippen LogP contribution in [0.3, 0.4) is 0 Å². The molecular formula is C16H30O4S2Sn. The Kier molecular flexibility index (Phi) is 41.2. The van der Waals surface area contributed by atoms with Crippen LogP contribution in [-0.4, -0.2) is 60.6 Å². The minimum atomic E-state index is -0.387. The molecule has 7 heteroatoms. The fourth-order valence-electron chi connectivity index (χ4n) is 0.659. The van der Waals surface area contributed by atoms with E-state index in [2.05, 4.69) is 53.0 Å². The van der Waals surface area contributed by atoms with Crippen LogP contribution >= 0.6 is 0 Å². The van der Waals surface area contributed by atoms with E-state index in [0.29, 0.717) is 26.1 Å². The third kappa shape index (κ3) is 39.3. The quantitative estimate of drug-likeness (QED) is 0.224. The number of rotatable bonds is 9. The van der Waals surface area contributed by atoms with Crippen LogP contribution in [0.1, 0.15) is 52.4 Å². The van der Waals surface area contributed by atoms with Crippen molar-refractivity contribution in [3.8, 4) is 0 Å². The second-order valence-electron chi connectivity index (χ2n) is 4.14. The summed E-state index contributed by atoms with van der Waals surface area (Å²) in [4.78, 5) is 21.1. The molecule has 4 nitrogen and oxygen atoms in total. The van der Waals surface area contributed by atoms with Crippen molar-refractivity contribution in [1.29, 1.82) is 0 Å². The molecule has 0 aromatic heterocycles. The summed E-state index contributed by atoms with van der Waals surface area (Å²) in [7, 11) is 0. The maximum absolute atomic E-state index is 10.6. The molecule has 0 unspecified atom stereocenters. The molecule has 4 radical (unpaired) electrons. The van der Waals surface area contributed by atoms with Gasteiger partial charge in [0.2, 0.25) is 0 Å². The minimum absolute atomic E-state index is 0. The van der Waals surface area contributed by atoms with Gasteiger partial charge in [0.25, 0.3) is 11.9 Å². The molecule has 0 aliphatic carbocycles. The number of carbonyl (C=O) groups excluding carboxylic acids is 2. The summed E-state index contributed by atoms with van der Waals surface area (Å²) in [6.45, 7) is 12.1. The van der Waals surface area contributed by atoms with Gasteiger partial charge in [-0.2, -0.15) is 0 Å². The largest absolute Gasteiger partial charge is 2.00 e. The Morgan fingerprint density at radius 2 is 1.09 bits per heavy atom. The Hall–Kier alpha value is 0.439. The average Bonchev–Trinajstić information content (AvgIpc) is 2.57. The van der Waals surface area contributed by atoms with Gasteiger partial charge in [0.05, 0.1) is 13.2 Å². The van der Waals surface area contributed by atoms with Gasteiger partial charge >= 0.3 is 23.9 Å². The Morgan fingerprint density at radius 1 is 0.826 bits per heavy atom. The summed E-state index contributed by atoms with van der Waals surface area (Å²) in [5.41, 5.74) is 0. The Balaban J connectivity index is -0.000000167. The topological polar surface area (TPSA) is 52.6 Å². The second-order valence-corrected chi connectivity index (χ2v) is 4.72. The van der Waals surface area contributed by atoms with Crippen molar-refractivity contribution in [2.45, 2.75) is 52.4 Å². The first kappa shape index (κ1) is 31.2. The van der Waals surface area contributed by atoms with Crippen molar-refractivity contribution >= 4 is 61.1 Å². The van der Waals surface area contributed by atoms with E-state index in [1.54, 1.807) is 0 Å². The standard InChI is InChI=1S/C8H14O4S2.2C4H9.Sn/c9-7(5-13)11-3-1-2-4-12-8(10)6-14;2*1-3-4-2;/h13-14H,1-6H2;2*1,3-4H2,2H3;/q;;;+2/p-2. The zero-order valence-corrected chi connectivity index (χ0v) is 18.9. The van der Waals surface area contributed by atoms with Crippen LogP contribution in [0.25, 0.3) is 0 Å². The van der Waals surface area contributed by atoms with Crippen LogP contribution < -0.4 is 0 Å². The molecule has 0 saturated carbocycles. The van der Waals surface area contributed by atoms with Crippen LogP contribution in [0.2, 0.25) is 0 Å². The van der Waals surface area contributed by atoms with E-state index in [0.717, 1.165) is 12.8 Å². The molecule has 0 aliphatic heterocycles. The summed E-state index contributed by atoms with van der Waals surface area (Å²) >= 11 is 8.94. The summed E-state index contributed by atoms with van der Waals surface area (Å²) in [6.07, 6.45) is 5.87. The molecule has 0 heterocycles. The molecular weight excluding hydrogens is 439 g/mol. The molecule has 0 rings (SSSR count). The number of hydrogen-bond donors (Lipinski definition) is 0. The van der Waals surface area contributed by atoms with E-state index in [4.69, 9.17) is 9.47 Å². The van der Waals surface area contributed by atoms with Crippen LogP contribution in [0, 0.1) is 13.8 Å². The zero-order chi connectivity index (χ0) is 17.6. The number of hydrogen-bond acceptors (Lipinski definition) is 6. The fourth-order valence-corrected chi connectivity index (χ4v) is 0.826. The van der Waals surface area contributed by atoms with Crippen molar-refractivity contribution in [1.82, 2.24) is 0 Å². The summed E-state index contributed by atoms with van der Waals surface area (Å²) < 4.78 is 9.44. The Labute approximate surface area is 170 Å². The number of carbonyl (C=O) groups is 2. The van der Waals surface area contributed by atoms with Gasteiger partial charge in [-0.1, -0.05) is 64.9 Å². The molecule has 0 saturated heterocycles. The number of unbranched alkanes of at least 4 members (excludes halogenated alkanes) is 3. The van der Waals surface area contributed by atoms with Crippen LogP contribution in [-0.2, 0) is 44.3 Å². The number of ether oxygens (including phenoxy) is 2. The first-order valence-electron chi connectivity index (χ1n) is 7.59. The molecule has 0 atom stereocenters. The van der Waals surface area contributed by atoms with Gasteiger partial charge in [-0.3, -0.25) is 9.59 Å². The van der Waals surface area contributed by atoms with E-state index in [1.807, 2.05) is 0 Å². The Bertz CT molecular complexity index is 214. The van der Waals surface area contributed by atoms with Crippen LogP contribution in [0.4, 0.5) is 0 Å². The zero-order valence-electron chi connectivity index (χ0n) is 14.4. The second kappa shape index (κ2) is 30.3. The van der Waals surface area contributed by atoms with E-state index in [1.165, 1.54) is 12.8 Å².